The number of carbonyl (C=O) groups excluding carboxylic acids is 3. The molecule has 0 bridgehead atoms. The van der Waals surface area contributed by atoms with Gasteiger partial charge in [-0.15, -0.1) is 0 Å². The Morgan fingerprint density at radius 1 is 1.25 bits per heavy atom. The number of carbonyl (C=O) groups is 3. The number of nitrogens with one attached hydrogen (secondary N) is 1. The summed E-state index contributed by atoms with van der Waals surface area (Å²) in [5, 5.41) is 2.63. The van der Waals surface area contributed by atoms with Gasteiger partial charge >= 0.3 is 11.9 Å². The molecule has 0 saturated carbocycles. The fraction of sp³-hybridized carbons (Fsp3) is 0.462. The van der Waals surface area contributed by atoms with Crippen LogP contribution in [0.15, 0.2) is 30.5 Å². The number of aryl methyl sites for hydroxylation is 1. The highest BCUT2D eigenvalue weighted by molar-refractivity contribution is 7.98. The van der Waals surface area contributed by atoms with E-state index in [2.05, 4.69) is 10.3 Å². The summed E-state index contributed by atoms with van der Waals surface area (Å²) >= 11 is 1.49. The zero-order valence-corrected chi connectivity index (χ0v) is 21.9. The fourth-order valence-electron chi connectivity index (χ4n) is 4.02. The molecule has 2 aromatic rings. The molecule has 0 radical (unpaired) electrons. The molecular weight excluding hydrogens is 487 g/mol. The smallest absolute Gasteiger partial charge is 0.331 e. The van der Waals surface area contributed by atoms with Crippen molar-refractivity contribution in [2.24, 2.45) is 0 Å². The Morgan fingerprint density at radius 3 is 2.69 bits per heavy atom. The average Bonchev–Trinajstić information content (AvgIpc) is 2.84. The van der Waals surface area contributed by atoms with E-state index < -0.39 is 29.5 Å². The van der Waals surface area contributed by atoms with Crippen molar-refractivity contribution in [2.45, 2.75) is 57.6 Å². The van der Waals surface area contributed by atoms with Crippen LogP contribution in [-0.2, 0) is 20.7 Å². The van der Waals surface area contributed by atoms with Gasteiger partial charge in [0.15, 0.2) is 11.4 Å². The van der Waals surface area contributed by atoms with Crippen molar-refractivity contribution >= 4 is 29.6 Å². The highest BCUT2D eigenvalue weighted by atomic mass is 32.2. The minimum absolute atomic E-state index is 0.113. The number of methoxy groups -OCH3 is 1. The van der Waals surface area contributed by atoms with E-state index in [1.54, 1.807) is 6.07 Å². The highest BCUT2D eigenvalue weighted by Gasteiger charge is 2.37. The molecule has 1 heterocycles. The lowest BCUT2D eigenvalue weighted by Gasteiger charge is -2.34. The molecule has 1 N–H and O–H groups in total. The summed E-state index contributed by atoms with van der Waals surface area (Å²) < 4.78 is 30.0. The molecule has 10 heteroatoms. The summed E-state index contributed by atoms with van der Waals surface area (Å²) in [4.78, 5) is 42.5. The minimum Gasteiger partial charge on any atom is -0.493 e. The topological polar surface area (TPSA) is 104 Å². The number of fused-ring (bicyclic) bond motifs is 1. The predicted molar refractivity (Wildman–Crippen MR) is 134 cm³/mol. The number of benzene rings is 1. The molecule has 2 atom stereocenters. The van der Waals surface area contributed by atoms with Crippen LogP contribution in [-0.4, -0.2) is 53.6 Å². The van der Waals surface area contributed by atoms with Crippen LogP contribution in [0.25, 0.3) is 0 Å². The molecular formula is C26H31FN2O6S. The number of thioether (sulfide) groups is 1. The van der Waals surface area contributed by atoms with E-state index >= 15 is 0 Å². The molecule has 0 spiro atoms. The molecule has 1 aliphatic carbocycles. The summed E-state index contributed by atoms with van der Waals surface area (Å²) in [6.07, 6.45) is 4.07. The number of ether oxygens (including phenoxy) is 3. The third-order valence-electron chi connectivity index (χ3n) is 6.08. The molecule has 2 unspecified atom stereocenters. The zero-order chi connectivity index (χ0) is 26.5. The van der Waals surface area contributed by atoms with Crippen molar-refractivity contribution < 1.29 is 33.0 Å². The number of halogens is 1. The summed E-state index contributed by atoms with van der Waals surface area (Å²) in [5.41, 5.74) is 0.252. The summed E-state index contributed by atoms with van der Waals surface area (Å²) in [6, 6.07) is 6.11. The Hall–Kier alpha value is -3.14. The van der Waals surface area contributed by atoms with E-state index in [9.17, 15) is 18.8 Å². The maximum Gasteiger partial charge on any atom is 0.331 e. The number of esters is 2. The number of rotatable bonds is 9. The number of aromatic nitrogens is 1. The molecule has 1 aliphatic rings. The Labute approximate surface area is 214 Å². The van der Waals surface area contributed by atoms with E-state index in [1.165, 1.54) is 57.1 Å². The van der Waals surface area contributed by atoms with Gasteiger partial charge in [-0.25, -0.2) is 14.2 Å². The summed E-state index contributed by atoms with van der Waals surface area (Å²) in [5.74, 6) is -1.69. The number of nitrogens with zero attached hydrogens (tertiary/aromatic N) is 1. The van der Waals surface area contributed by atoms with E-state index in [0.29, 0.717) is 18.6 Å². The molecule has 1 aromatic heterocycles. The molecule has 0 fully saturated rings. The van der Waals surface area contributed by atoms with Crippen molar-refractivity contribution in [3.63, 3.8) is 0 Å². The summed E-state index contributed by atoms with van der Waals surface area (Å²) in [7, 11) is 1.38. The zero-order valence-electron chi connectivity index (χ0n) is 21.1. The van der Waals surface area contributed by atoms with Gasteiger partial charge < -0.3 is 19.5 Å². The first-order chi connectivity index (χ1) is 17.1. The number of pyridine rings is 1. The van der Waals surface area contributed by atoms with Gasteiger partial charge in [-0.1, -0.05) is 13.0 Å². The van der Waals surface area contributed by atoms with Crippen LogP contribution in [0.4, 0.5) is 4.39 Å². The maximum atomic E-state index is 13.6. The molecule has 194 valence electrons. The normalized spacial score (nSPS) is 17.1. The average molecular weight is 519 g/mol. The van der Waals surface area contributed by atoms with Crippen molar-refractivity contribution in [3.8, 4) is 11.5 Å². The number of hydrogen-bond donors (Lipinski definition) is 1. The molecule has 0 saturated heterocycles. The van der Waals surface area contributed by atoms with Gasteiger partial charge in [0.1, 0.15) is 17.5 Å². The number of amides is 1. The van der Waals surface area contributed by atoms with Gasteiger partial charge in [0.25, 0.3) is 5.91 Å². The molecule has 0 aliphatic heterocycles. The van der Waals surface area contributed by atoms with E-state index in [-0.39, 0.29) is 35.3 Å². The first-order valence-corrected chi connectivity index (χ1v) is 13.0. The molecule has 3 rings (SSSR count). The van der Waals surface area contributed by atoms with E-state index in [4.69, 9.17) is 14.2 Å². The van der Waals surface area contributed by atoms with Crippen LogP contribution in [0.3, 0.4) is 0 Å². The molecule has 36 heavy (non-hydrogen) atoms. The standard InChI is InChI=1S/C26H31FN2O6S/c1-15-18-8-7-17(27)14-16(18)6-9-19(15)34-25(32)26(2,3)29-24(31)22-23(20(33-4)10-12-28-22)35-21(30)11-13-36-5/h7-8,10,12,14-15,19H,6,9,11,13H2,1-5H3,(H,29,31). The third kappa shape index (κ3) is 6.34. The van der Waals surface area contributed by atoms with Crippen LogP contribution in [0.5, 0.6) is 11.5 Å². The van der Waals surface area contributed by atoms with Gasteiger partial charge in [-0.05, 0) is 56.2 Å². The van der Waals surface area contributed by atoms with Crippen LogP contribution in [0.1, 0.15) is 61.1 Å². The minimum atomic E-state index is -1.41. The lowest BCUT2D eigenvalue weighted by molar-refractivity contribution is -0.157. The monoisotopic (exact) mass is 518 g/mol. The highest BCUT2D eigenvalue weighted by Crippen LogP contribution is 2.35. The van der Waals surface area contributed by atoms with Gasteiger partial charge in [0.05, 0.1) is 13.5 Å². The number of hydrogen-bond acceptors (Lipinski definition) is 8. The third-order valence-corrected chi connectivity index (χ3v) is 6.69. The van der Waals surface area contributed by atoms with Crippen molar-refractivity contribution in [1.82, 2.24) is 10.3 Å². The van der Waals surface area contributed by atoms with Crippen LogP contribution < -0.4 is 14.8 Å². The Morgan fingerprint density at radius 2 is 2.00 bits per heavy atom. The Bertz CT molecular complexity index is 1140. The second kappa shape index (κ2) is 11.7. The molecule has 8 nitrogen and oxygen atoms in total. The Kier molecular flexibility index (Phi) is 8.94. The van der Waals surface area contributed by atoms with Crippen molar-refractivity contribution in [3.05, 3.63) is 53.1 Å². The summed E-state index contributed by atoms with van der Waals surface area (Å²) in [6.45, 7) is 4.97. The van der Waals surface area contributed by atoms with E-state index in [1.807, 2.05) is 13.2 Å². The largest absolute Gasteiger partial charge is 0.493 e. The second-order valence-corrected chi connectivity index (χ2v) is 10.1. The predicted octanol–water partition coefficient (Wildman–Crippen LogP) is 4.06. The molecule has 1 amide bonds. The Balaban J connectivity index is 1.73. The maximum absolute atomic E-state index is 13.6. The first kappa shape index (κ1) is 27.4. The van der Waals surface area contributed by atoms with Crippen molar-refractivity contribution in [1.29, 1.82) is 0 Å². The second-order valence-electron chi connectivity index (χ2n) is 9.10. The van der Waals surface area contributed by atoms with Crippen LogP contribution in [0.2, 0.25) is 0 Å². The van der Waals surface area contributed by atoms with Gasteiger partial charge in [0, 0.05) is 23.9 Å². The SMILES string of the molecule is COc1ccnc(C(=O)NC(C)(C)C(=O)OC2CCc3cc(F)ccc3C2C)c1OC(=O)CCSC. The van der Waals surface area contributed by atoms with Gasteiger partial charge in [-0.2, -0.15) is 11.8 Å². The van der Waals surface area contributed by atoms with Gasteiger partial charge in [-0.3, -0.25) is 9.59 Å². The van der Waals surface area contributed by atoms with Crippen molar-refractivity contribution in [2.75, 3.05) is 19.1 Å². The lowest BCUT2D eigenvalue weighted by Crippen LogP contribution is -2.52. The van der Waals surface area contributed by atoms with Crippen LogP contribution >= 0.6 is 11.8 Å². The molecule has 1 aromatic carbocycles. The van der Waals surface area contributed by atoms with Gasteiger partial charge in [0.2, 0.25) is 5.75 Å². The van der Waals surface area contributed by atoms with Crippen LogP contribution in [0, 0.1) is 5.82 Å². The fourth-order valence-corrected chi connectivity index (χ4v) is 4.40. The lowest BCUT2D eigenvalue weighted by atomic mass is 9.81. The quantitative estimate of drug-likeness (QED) is 0.496. The van der Waals surface area contributed by atoms with E-state index in [0.717, 1.165) is 11.1 Å². The first-order valence-electron chi connectivity index (χ1n) is 11.6.